The van der Waals surface area contributed by atoms with Gasteiger partial charge in [0.1, 0.15) is 17.7 Å². The molecule has 0 fully saturated rings. The van der Waals surface area contributed by atoms with Crippen LogP contribution >= 0.6 is 11.6 Å². The minimum atomic E-state index is -0.931. The van der Waals surface area contributed by atoms with Crippen LogP contribution in [0.3, 0.4) is 0 Å². The van der Waals surface area contributed by atoms with Gasteiger partial charge >= 0.3 is 0 Å². The normalized spacial score (nSPS) is 15.2. The molecule has 0 saturated carbocycles. The highest BCUT2D eigenvalue weighted by Gasteiger charge is 2.21. The third kappa shape index (κ3) is 3.65. The summed E-state index contributed by atoms with van der Waals surface area (Å²) in [6, 6.07) is 16.9. The Morgan fingerprint density at radius 1 is 0.871 bits per heavy atom. The standard InChI is InChI=1S/C26H16ClF2NO/c27-22-14-25-17(13-24(22)29)7-10-18(30-25)9-5-15-4-6-16-8-11-19-20(2-1-3-23(19)28)26(31)21(16)12-15/h1-14,26,31H/b9-5+. The summed E-state index contributed by atoms with van der Waals surface area (Å²) in [5, 5.41) is 11.6. The summed E-state index contributed by atoms with van der Waals surface area (Å²) in [5.41, 5.74) is 4.64. The van der Waals surface area contributed by atoms with Gasteiger partial charge in [0.25, 0.3) is 0 Å². The van der Waals surface area contributed by atoms with Gasteiger partial charge in [0.05, 0.1) is 16.2 Å². The molecule has 0 radical (unpaired) electrons. The molecule has 1 heterocycles. The molecule has 31 heavy (non-hydrogen) atoms. The number of hydrogen-bond acceptors (Lipinski definition) is 2. The first-order valence-corrected chi connectivity index (χ1v) is 10.1. The van der Waals surface area contributed by atoms with Gasteiger partial charge in [-0.1, -0.05) is 60.2 Å². The van der Waals surface area contributed by atoms with E-state index in [-0.39, 0.29) is 10.8 Å². The highest BCUT2D eigenvalue weighted by Crippen LogP contribution is 2.34. The number of nitrogens with zero attached hydrogens (tertiary/aromatic N) is 1. The molecule has 2 nitrogen and oxygen atoms in total. The first kappa shape index (κ1) is 19.6. The maximum Gasteiger partial charge on any atom is 0.142 e. The van der Waals surface area contributed by atoms with Gasteiger partial charge in [0.15, 0.2) is 0 Å². The van der Waals surface area contributed by atoms with Crippen LogP contribution in [0.5, 0.6) is 0 Å². The van der Waals surface area contributed by atoms with Gasteiger partial charge in [-0.3, -0.25) is 0 Å². The molecule has 1 unspecified atom stereocenters. The summed E-state index contributed by atoms with van der Waals surface area (Å²) in [6.45, 7) is 0. The Kier molecular flexibility index (Phi) is 4.89. The van der Waals surface area contributed by atoms with E-state index < -0.39 is 11.9 Å². The van der Waals surface area contributed by atoms with E-state index in [1.54, 1.807) is 30.3 Å². The Hall–Kier alpha value is -3.34. The van der Waals surface area contributed by atoms with Crippen LogP contribution in [0.2, 0.25) is 5.02 Å². The molecule has 0 spiro atoms. The maximum atomic E-state index is 14.2. The zero-order chi connectivity index (χ0) is 21.5. The summed E-state index contributed by atoms with van der Waals surface area (Å²) >= 11 is 5.87. The number of aromatic nitrogens is 1. The number of benzene rings is 3. The largest absolute Gasteiger partial charge is 0.384 e. The Labute approximate surface area is 182 Å². The molecule has 5 heteroatoms. The Morgan fingerprint density at radius 2 is 1.74 bits per heavy atom. The van der Waals surface area contributed by atoms with Gasteiger partial charge in [0, 0.05) is 10.9 Å². The molecule has 1 aliphatic rings. The topological polar surface area (TPSA) is 33.1 Å². The monoisotopic (exact) mass is 431 g/mol. The summed E-state index contributed by atoms with van der Waals surface area (Å²) < 4.78 is 27.8. The predicted octanol–water partition coefficient (Wildman–Crippen LogP) is 6.90. The molecule has 3 aromatic carbocycles. The van der Waals surface area contributed by atoms with Crippen molar-refractivity contribution < 1.29 is 13.9 Å². The van der Waals surface area contributed by atoms with Crippen LogP contribution in [0.1, 0.15) is 39.6 Å². The lowest BCUT2D eigenvalue weighted by Crippen LogP contribution is -2.03. The molecule has 152 valence electrons. The average molecular weight is 432 g/mol. The molecule has 5 rings (SSSR count). The van der Waals surface area contributed by atoms with Crippen LogP contribution in [-0.2, 0) is 0 Å². The molecular formula is C26H16ClF2NO. The van der Waals surface area contributed by atoms with Crippen molar-refractivity contribution in [2.75, 3.05) is 0 Å². The highest BCUT2D eigenvalue weighted by atomic mass is 35.5. The maximum absolute atomic E-state index is 14.2. The van der Waals surface area contributed by atoms with Crippen molar-refractivity contribution in [2.45, 2.75) is 6.10 Å². The fourth-order valence-corrected chi connectivity index (χ4v) is 3.96. The van der Waals surface area contributed by atoms with E-state index in [1.165, 1.54) is 18.2 Å². The van der Waals surface area contributed by atoms with E-state index in [2.05, 4.69) is 4.98 Å². The fraction of sp³-hybridized carbons (Fsp3) is 0.0385. The quantitative estimate of drug-likeness (QED) is 0.374. The molecule has 0 saturated heterocycles. The molecule has 1 aromatic heterocycles. The summed E-state index contributed by atoms with van der Waals surface area (Å²) in [5.74, 6) is -0.832. The van der Waals surface area contributed by atoms with Crippen molar-refractivity contribution in [2.24, 2.45) is 0 Å². The van der Waals surface area contributed by atoms with Gasteiger partial charge in [-0.25, -0.2) is 13.8 Å². The minimum absolute atomic E-state index is 0.0330. The minimum Gasteiger partial charge on any atom is -0.384 e. The lowest BCUT2D eigenvalue weighted by atomic mass is 9.95. The third-order valence-electron chi connectivity index (χ3n) is 5.42. The number of hydrogen-bond donors (Lipinski definition) is 1. The second kappa shape index (κ2) is 7.73. The Balaban J connectivity index is 1.49. The van der Waals surface area contributed by atoms with Crippen LogP contribution in [0, 0.1) is 11.6 Å². The van der Waals surface area contributed by atoms with Crippen molar-refractivity contribution in [3.05, 3.63) is 111 Å². The Morgan fingerprint density at radius 3 is 2.61 bits per heavy atom. The third-order valence-corrected chi connectivity index (χ3v) is 5.71. The van der Waals surface area contributed by atoms with Gasteiger partial charge < -0.3 is 5.11 Å². The molecule has 1 atom stereocenters. The van der Waals surface area contributed by atoms with E-state index in [4.69, 9.17) is 11.6 Å². The van der Waals surface area contributed by atoms with Crippen molar-refractivity contribution in [3.8, 4) is 0 Å². The molecule has 0 bridgehead atoms. The summed E-state index contributed by atoms with van der Waals surface area (Å²) in [4.78, 5) is 4.51. The van der Waals surface area contributed by atoms with Crippen molar-refractivity contribution in [1.82, 2.24) is 4.98 Å². The zero-order valence-corrected chi connectivity index (χ0v) is 16.9. The van der Waals surface area contributed by atoms with Crippen LogP contribution in [-0.4, -0.2) is 10.1 Å². The van der Waals surface area contributed by atoms with E-state index in [0.717, 1.165) is 11.1 Å². The zero-order valence-electron chi connectivity index (χ0n) is 16.2. The number of aliphatic hydroxyl groups is 1. The lowest BCUT2D eigenvalue weighted by molar-refractivity contribution is 0.219. The second-order valence-corrected chi connectivity index (χ2v) is 7.80. The van der Waals surface area contributed by atoms with E-state index >= 15 is 0 Å². The number of pyridine rings is 1. The number of halogens is 3. The number of fused-ring (bicyclic) bond motifs is 3. The van der Waals surface area contributed by atoms with Crippen LogP contribution in [0.4, 0.5) is 8.78 Å². The van der Waals surface area contributed by atoms with Crippen molar-refractivity contribution in [1.29, 1.82) is 0 Å². The van der Waals surface area contributed by atoms with Gasteiger partial charge in [-0.15, -0.1) is 0 Å². The molecule has 1 N–H and O–H groups in total. The predicted molar refractivity (Wildman–Crippen MR) is 121 cm³/mol. The fourth-order valence-electron chi connectivity index (χ4n) is 3.80. The van der Waals surface area contributed by atoms with E-state index in [1.807, 2.05) is 36.4 Å². The molecular weight excluding hydrogens is 416 g/mol. The molecule has 1 aliphatic carbocycles. The van der Waals surface area contributed by atoms with Gasteiger partial charge in [0.2, 0.25) is 0 Å². The first-order chi connectivity index (χ1) is 15.0. The number of rotatable bonds is 2. The van der Waals surface area contributed by atoms with Gasteiger partial charge in [-0.05, 0) is 58.7 Å². The number of aliphatic hydroxyl groups excluding tert-OH is 1. The van der Waals surface area contributed by atoms with Gasteiger partial charge in [-0.2, -0.15) is 0 Å². The average Bonchev–Trinajstić information content (AvgIpc) is 2.91. The molecule has 0 amide bonds. The summed E-state index contributed by atoms with van der Waals surface area (Å²) in [6.07, 6.45) is 6.30. The van der Waals surface area contributed by atoms with Crippen molar-refractivity contribution >= 4 is 46.8 Å². The first-order valence-electron chi connectivity index (χ1n) is 9.72. The van der Waals surface area contributed by atoms with Crippen LogP contribution in [0.25, 0.3) is 35.2 Å². The Bertz CT molecular complexity index is 1390. The second-order valence-electron chi connectivity index (χ2n) is 7.40. The lowest BCUT2D eigenvalue weighted by Gasteiger charge is -2.15. The SMILES string of the molecule is OC1c2cc(/C=C/c3ccc4cc(F)c(Cl)cc4n3)ccc2C=Cc2c(F)cccc21. The van der Waals surface area contributed by atoms with E-state index in [9.17, 15) is 13.9 Å². The van der Waals surface area contributed by atoms with Crippen molar-refractivity contribution in [3.63, 3.8) is 0 Å². The smallest absolute Gasteiger partial charge is 0.142 e. The van der Waals surface area contributed by atoms with Crippen LogP contribution < -0.4 is 0 Å². The summed E-state index contributed by atoms with van der Waals surface area (Å²) in [7, 11) is 0. The highest BCUT2D eigenvalue weighted by molar-refractivity contribution is 6.31. The molecule has 0 aliphatic heterocycles. The molecule has 4 aromatic rings. The van der Waals surface area contributed by atoms with E-state index in [0.29, 0.717) is 33.3 Å². The van der Waals surface area contributed by atoms with Crippen LogP contribution in [0.15, 0.2) is 60.7 Å².